The van der Waals surface area contributed by atoms with E-state index >= 15 is 0 Å². The number of hydrogen-bond donors (Lipinski definition) is 0. The third kappa shape index (κ3) is 5.42. The van der Waals surface area contributed by atoms with Gasteiger partial charge in [-0.1, -0.05) is 79.9 Å². The first-order chi connectivity index (χ1) is 16.8. The summed E-state index contributed by atoms with van der Waals surface area (Å²) in [4.78, 5) is 21.0. The molecule has 3 aromatic rings. The highest BCUT2D eigenvalue weighted by Gasteiger charge is 2.38. The highest BCUT2D eigenvalue weighted by atomic mass is 32.2. The van der Waals surface area contributed by atoms with Crippen LogP contribution in [-0.2, 0) is 11.4 Å². The van der Waals surface area contributed by atoms with Crippen molar-refractivity contribution >= 4 is 34.6 Å². The van der Waals surface area contributed by atoms with Gasteiger partial charge in [0.25, 0.3) is 5.91 Å². The minimum Gasteiger partial charge on any atom is -0.489 e. The third-order valence-corrected chi connectivity index (χ3v) is 7.17. The summed E-state index contributed by atoms with van der Waals surface area (Å²) in [5.74, 6) is 0.877. The summed E-state index contributed by atoms with van der Waals surface area (Å²) in [7, 11) is 0. The Morgan fingerprint density at radius 2 is 1.56 bits per heavy atom. The van der Waals surface area contributed by atoms with Gasteiger partial charge in [-0.3, -0.25) is 9.69 Å². The molecule has 0 aromatic heterocycles. The largest absolute Gasteiger partial charge is 0.489 e. The van der Waals surface area contributed by atoms with Gasteiger partial charge in [0.15, 0.2) is 5.17 Å². The lowest BCUT2D eigenvalue weighted by Gasteiger charge is -2.30. The van der Waals surface area contributed by atoms with Gasteiger partial charge in [0, 0.05) is 6.04 Å². The van der Waals surface area contributed by atoms with Gasteiger partial charge in [-0.25, -0.2) is 4.99 Å². The molecule has 1 saturated carbocycles. The second-order valence-electron chi connectivity index (χ2n) is 8.65. The number of hydrogen-bond acceptors (Lipinski definition) is 4. The predicted molar refractivity (Wildman–Crippen MR) is 140 cm³/mol. The van der Waals surface area contributed by atoms with Crippen molar-refractivity contribution in [2.75, 3.05) is 0 Å². The molecular formula is C29H28N2O2S. The lowest BCUT2D eigenvalue weighted by Crippen LogP contribution is -2.40. The van der Waals surface area contributed by atoms with Gasteiger partial charge in [0.1, 0.15) is 12.4 Å². The Hall–Kier alpha value is -3.31. The maximum Gasteiger partial charge on any atom is 0.267 e. The van der Waals surface area contributed by atoms with Gasteiger partial charge in [0.2, 0.25) is 0 Å². The zero-order chi connectivity index (χ0) is 23.2. The number of benzene rings is 3. The average molecular weight is 469 g/mol. The molecule has 5 rings (SSSR count). The monoisotopic (exact) mass is 468 g/mol. The molecule has 1 heterocycles. The van der Waals surface area contributed by atoms with Crippen molar-refractivity contribution in [2.45, 2.75) is 44.8 Å². The van der Waals surface area contributed by atoms with Crippen LogP contribution < -0.4 is 4.74 Å². The fraction of sp³-hybridized carbons (Fsp3) is 0.241. The first-order valence-corrected chi connectivity index (χ1v) is 12.7. The molecule has 2 fully saturated rings. The molecule has 0 spiro atoms. The maximum atomic E-state index is 13.5. The molecule has 1 aliphatic heterocycles. The van der Waals surface area contributed by atoms with Crippen LogP contribution in [0, 0.1) is 0 Å². The van der Waals surface area contributed by atoms with E-state index in [1.165, 1.54) is 31.0 Å². The van der Waals surface area contributed by atoms with E-state index in [0.717, 1.165) is 45.5 Å². The molecule has 0 unspecified atom stereocenters. The van der Waals surface area contributed by atoms with Crippen LogP contribution in [0.2, 0.25) is 0 Å². The molecule has 2 aliphatic rings. The van der Waals surface area contributed by atoms with E-state index < -0.39 is 0 Å². The van der Waals surface area contributed by atoms with Crippen LogP contribution in [0.3, 0.4) is 0 Å². The number of nitrogens with zero attached hydrogens (tertiary/aromatic N) is 2. The highest BCUT2D eigenvalue weighted by Crippen LogP contribution is 2.38. The summed E-state index contributed by atoms with van der Waals surface area (Å²) >= 11 is 1.48. The molecule has 5 heteroatoms. The zero-order valence-corrected chi connectivity index (χ0v) is 19.9. The molecule has 3 aromatic carbocycles. The SMILES string of the molecule is O=C1C(=Cc2ccc(OCc3ccccc3)cc2)SC(=Nc2ccccc2)N1C1CCCCC1. The fourth-order valence-corrected chi connectivity index (χ4v) is 5.45. The van der Waals surface area contributed by atoms with Gasteiger partial charge in [-0.15, -0.1) is 0 Å². The minimum atomic E-state index is 0.0657. The van der Waals surface area contributed by atoms with Crippen molar-refractivity contribution in [1.29, 1.82) is 0 Å². The molecule has 0 atom stereocenters. The highest BCUT2D eigenvalue weighted by molar-refractivity contribution is 8.18. The van der Waals surface area contributed by atoms with Crippen molar-refractivity contribution in [3.05, 3.63) is 101 Å². The van der Waals surface area contributed by atoms with Crippen molar-refractivity contribution in [3.8, 4) is 5.75 Å². The lowest BCUT2D eigenvalue weighted by atomic mass is 9.94. The fourth-order valence-electron chi connectivity index (χ4n) is 4.39. The molecular weight excluding hydrogens is 440 g/mol. The second kappa shape index (κ2) is 10.7. The molecule has 0 bridgehead atoms. The summed E-state index contributed by atoms with van der Waals surface area (Å²) in [6, 6.07) is 28.2. The summed E-state index contributed by atoms with van der Waals surface area (Å²) in [6.45, 7) is 0.533. The Bertz CT molecular complexity index is 1170. The summed E-state index contributed by atoms with van der Waals surface area (Å²) in [5.41, 5.74) is 2.99. The number of amides is 1. The quantitative estimate of drug-likeness (QED) is 0.359. The first kappa shape index (κ1) is 22.5. The number of carbonyl (C=O) groups excluding carboxylic acids is 1. The Kier molecular flexibility index (Phi) is 7.10. The van der Waals surface area contributed by atoms with Crippen LogP contribution in [0.4, 0.5) is 5.69 Å². The molecule has 172 valence electrons. The standard InChI is InChI=1S/C29H28N2O2S/c32-28-27(20-22-16-18-26(19-17-22)33-21-23-10-4-1-5-11-23)34-29(30-24-12-6-2-7-13-24)31(28)25-14-8-3-9-15-25/h1-2,4-7,10-13,16-20,25H,3,8-9,14-15,21H2. The number of amidine groups is 1. The normalized spacial score (nSPS) is 19.2. The molecule has 1 amide bonds. The van der Waals surface area contributed by atoms with Crippen LogP contribution in [0.5, 0.6) is 5.75 Å². The van der Waals surface area contributed by atoms with Gasteiger partial charge < -0.3 is 4.74 Å². The number of rotatable bonds is 6. The smallest absolute Gasteiger partial charge is 0.267 e. The van der Waals surface area contributed by atoms with Crippen molar-refractivity contribution in [1.82, 2.24) is 4.90 Å². The Morgan fingerprint density at radius 1 is 0.882 bits per heavy atom. The summed E-state index contributed by atoms with van der Waals surface area (Å²) < 4.78 is 5.90. The number of ether oxygens (including phenoxy) is 1. The molecule has 34 heavy (non-hydrogen) atoms. The topological polar surface area (TPSA) is 41.9 Å². The minimum absolute atomic E-state index is 0.0657. The van der Waals surface area contributed by atoms with Gasteiger partial charge in [-0.05, 0) is 66.1 Å². The molecule has 1 saturated heterocycles. The van der Waals surface area contributed by atoms with Crippen molar-refractivity contribution in [3.63, 3.8) is 0 Å². The zero-order valence-electron chi connectivity index (χ0n) is 19.1. The van der Waals surface area contributed by atoms with Crippen molar-refractivity contribution in [2.24, 2.45) is 4.99 Å². The number of para-hydroxylation sites is 1. The van der Waals surface area contributed by atoms with Gasteiger partial charge >= 0.3 is 0 Å². The Balaban J connectivity index is 1.34. The Labute approximate surface area is 205 Å². The van der Waals surface area contributed by atoms with Crippen LogP contribution in [0.1, 0.15) is 43.2 Å². The maximum absolute atomic E-state index is 13.5. The molecule has 4 nitrogen and oxygen atoms in total. The van der Waals surface area contributed by atoms with E-state index in [9.17, 15) is 4.79 Å². The average Bonchev–Trinajstić information content (AvgIpc) is 3.19. The van der Waals surface area contributed by atoms with Crippen LogP contribution in [0.15, 0.2) is 94.8 Å². The van der Waals surface area contributed by atoms with Gasteiger partial charge in [0.05, 0.1) is 10.6 Å². The molecule has 0 N–H and O–H groups in total. The van der Waals surface area contributed by atoms with Crippen LogP contribution in [-0.4, -0.2) is 22.0 Å². The number of thioether (sulfide) groups is 1. The van der Waals surface area contributed by atoms with Crippen LogP contribution in [0.25, 0.3) is 6.08 Å². The van der Waals surface area contributed by atoms with E-state index in [1.807, 2.05) is 95.9 Å². The number of carbonyl (C=O) groups is 1. The van der Waals surface area contributed by atoms with Gasteiger partial charge in [-0.2, -0.15) is 0 Å². The summed E-state index contributed by atoms with van der Waals surface area (Å²) in [6.07, 6.45) is 7.64. The van der Waals surface area contributed by atoms with E-state index in [4.69, 9.17) is 9.73 Å². The van der Waals surface area contributed by atoms with E-state index in [1.54, 1.807) is 0 Å². The molecule has 0 radical (unpaired) electrons. The Morgan fingerprint density at radius 3 is 2.26 bits per heavy atom. The van der Waals surface area contributed by atoms with Crippen molar-refractivity contribution < 1.29 is 9.53 Å². The van der Waals surface area contributed by atoms with E-state index in [2.05, 4.69) is 0 Å². The first-order valence-electron chi connectivity index (χ1n) is 11.9. The molecule has 1 aliphatic carbocycles. The number of aliphatic imine (C=N–C) groups is 1. The second-order valence-corrected chi connectivity index (χ2v) is 9.66. The van der Waals surface area contributed by atoms with E-state index in [-0.39, 0.29) is 11.9 Å². The third-order valence-electron chi connectivity index (χ3n) is 6.18. The predicted octanol–water partition coefficient (Wildman–Crippen LogP) is 7.20. The van der Waals surface area contributed by atoms with E-state index in [0.29, 0.717) is 6.61 Å². The summed E-state index contributed by atoms with van der Waals surface area (Å²) in [5, 5.41) is 0.789. The lowest BCUT2D eigenvalue weighted by molar-refractivity contribution is -0.124. The van der Waals surface area contributed by atoms with Crippen LogP contribution >= 0.6 is 11.8 Å².